The van der Waals surface area contributed by atoms with Crippen LogP contribution in [0, 0.1) is 0 Å². The summed E-state index contributed by atoms with van der Waals surface area (Å²) in [4.78, 5) is 28.6. The predicted molar refractivity (Wildman–Crippen MR) is 103 cm³/mol. The fourth-order valence-corrected chi connectivity index (χ4v) is 3.07. The second kappa shape index (κ2) is 8.06. The molecule has 1 N–H and O–H groups in total. The smallest absolute Gasteiger partial charge is 0.350 e. The van der Waals surface area contributed by atoms with Crippen molar-refractivity contribution in [3.63, 3.8) is 0 Å². The SMILES string of the molecule is CCc1ccc(CNC(=O)[C@H](C)n2c(=O)c(C(F)(F)F)nc3ccccc32)cc1. The molecule has 0 aliphatic heterocycles. The molecule has 1 heterocycles. The minimum Gasteiger partial charge on any atom is -0.350 e. The highest BCUT2D eigenvalue weighted by Gasteiger charge is 2.38. The lowest BCUT2D eigenvalue weighted by Gasteiger charge is -2.19. The van der Waals surface area contributed by atoms with Crippen LogP contribution < -0.4 is 10.9 Å². The third-order valence-electron chi connectivity index (χ3n) is 4.73. The molecule has 0 fully saturated rings. The summed E-state index contributed by atoms with van der Waals surface area (Å²) in [5.74, 6) is -0.559. The molecule has 152 valence electrons. The van der Waals surface area contributed by atoms with Crippen molar-refractivity contribution in [3.05, 3.63) is 75.7 Å². The molecule has 0 unspecified atom stereocenters. The minimum absolute atomic E-state index is 0.00534. The van der Waals surface area contributed by atoms with Crippen molar-refractivity contribution in [1.29, 1.82) is 0 Å². The maximum Gasteiger partial charge on any atom is 0.438 e. The molecule has 0 saturated carbocycles. The van der Waals surface area contributed by atoms with Crippen molar-refractivity contribution in [1.82, 2.24) is 14.9 Å². The molecule has 5 nitrogen and oxygen atoms in total. The van der Waals surface area contributed by atoms with Crippen molar-refractivity contribution in [3.8, 4) is 0 Å². The summed E-state index contributed by atoms with van der Waals surface area (Å²) in [5.41, 5.74) is -0.708. The molecule has 29 heavy (non-hydrogen) atoms. The number of fused-ring (bicyclic) bond motifs is 1. The van der Waals surface area contributed by atoms with E-state index in [0.29, 0.717) is 0 Å². The molecule has 0 saturated heterocycles. The van der Waals surface area contributed by atoms with E-state index in [2.05, 4.69) is 10.3 Å². The zero-order chi connectivity index (χ0) is 21.2. The Labute approximate surface area is 165 Å². The van der Waals surface area contributed by atoms with Gasteiger partial charge < -0.3 is 5.32 Å². The van der Waals surface area contributed by atoms with Gasteiger partial charge in [0.25, 0.3) is 5.56 Å². The number of nitrogens with one attached hydrogen (secondary N) is 1. The number of nitrogens with zero attached hydrogens (tertiary/aromatic N) is 2. The van der Waals surface area contributed by atoms with Gasteiger partial charge >= 0.3 is 6.18 Å². The van der Waals surface area contributed by atoms with E-state index >= 15 is 0 Å². The van der Waals surface area contributed by atoms with Crippen LogP contribution in [0.1, 0.15) is 36.7 Å². The highest BCUT2D eigenvalue weighted by Crippen LogP contribution is 2.27. The van der Waals surface area contributed by atoms with Crippen LogP contribution in [0.25, 0.3) is 11.0 Å². The molecule has 8 heteroatoms. The number of rotatable bonds is 5. The van der Waals surface area contributed by atoms with Gasteiger partial charge in [-0.15, -0.1) is 0 Å². The van der Waals surface area contributed by atoms with Gasteiger partial charge in [-0.3, -0.25) is 14.2 Å². The van der Waals surface area contributed by atoms with Gasteiger partial charge in [0.2, 0.25) is 11.6 Å². The number of carbonyl (C=O) groups is 1. The van der Waals surface area contributed by atoms with E-state index in [-0.39, 0.29) is 17.6 Å². The van der Waals surface area contributed by atoms with Crippen molar-refractivity contribution in [2.24, 2.45) is 0 Å². The molecule has 1 atom stereocenters. The van der Waals surface area contributed by atoms with Gasteiger partial charge in [0.15, 0.2) is 0 Å². The Hall–Kier alpha value is -3.16. The molecule has 3 rings (SSSR count). The summed E-state index contributed by atoms with van der Waals surface area (Å²) in [5, 5.41) is 2.68. The normalized spacial score (nSPS) is 12.7. The zero-order valence-electron chi connectivity index (χ0n) is 16.0. The maximum absolute atomic E-state index is 13.3. The molecule has 0 aliphatic rings. The van der Waals surface area contributed by atoms with Gasteiger partial charge in [0.1, 0.15) is 6.04 Å². The van der Waals surface area contributed by atoms with E-state index < -0.39 is 29.4 Å². The molecular formula is C21H20F3N3O2. The number of amides is 1. The first-order valence-corrected chi connectivity index (χ1v) is 9.16. The molecule has 1 aromatic heterocycles. The molecule has 3 aromatic rings. The van der Waals surface area contributed by atoms with Gasteiger partial charge in [0, 0.05) is 6.54 Å². The fraction of sp³-hybridized carbons (Fsp3) is 0.286. The third-order valence-corrected chi connectivity index (χ3v) is 4.73. The number of benzene rings is 2. The number of hydrogen-bond acceptors (Lipinski definition) is 3. The first-order chi connectivity index (χ1) is 13.7. The van der Waals surface area contributed by atoms with E-state index in [4.69, 9.17) is 0 Å². The van der Waals surface area contributed by atoms with E-state index in [1.807, 2.05) is 31.2 Å². The molecule has 2 aromatic carbocycles. The average molecular weight is 403 g/mol. The van der Waals surface area contributed by atoms with Crippen LogP contribution in [0.15, 0.2) is 53.3 Å². The third kappa shape index (κ3) is 4.31. The Kier molecular flexibility index (Phi) is 5.72. The summed E-state index contributed by atoms with van der Waals surface area (Å²) in [6.07, 6.45) is -4.02. The largest absolute Gasteiger partial charge is 0.438 e. The van der Waals surface area contributed by atoms with Crippen LogP contribution in [0.5, 0.6) is 0 Å². The number of carbonyl (C=O) groups excluding carboxylic acids is 1. The Morgan fingerprint density at radius 3 is 2.34 bits per heavy atom. The predicted octanol–water partition coefficient (Wildman–Crippen LogP) is 3.86. The Bertz CT molecular complexity index is 1090. The topological polar surface area (TPSA) is 64.0 Å². The highest BCUT2D eigenvalue weighted by atomic mass is 19.4. The maximum atomic E-state index is 13.3. The second-order valence-corrected chi connectivity index (χ2v) is 6.69. The first-order valence-electron chi connectivity index (χ1n) is 9.16. The van der Waals surface area contributed by atoms with Crippen LogP contribution >= 0.6 is 0 Å². The first kappa shape index (κ1) is 20.6. The lowest BCUT2D eigenvalue weighted by molar-refractivity contribution is -0.142. The summed E-state index contributed by atoms with van der Waals surface area (Å²) < 4.78 is 40.7. The summed E-state index contributed by atoms with van der Waals surface area (Å²) in [6.45, 7) is 3.63. The number of hydrogen-bond donors (Lipinski definition) is 1. The van der Waals surface area contributed by atoms with E-state index in [0.717, 1.165) is 22.1 Å². The molecule has 0 spiro atoms. The van der Waals surface area contributed by atoms with Crippen LogP contribution in [-0.2, 0) is 23.9 Å². The molecule has 0 radical (unpaired) electrons. The number of alkyl halides is 3. The summed E-state index contributed by atoms with van der Waals surface area (Å²) in [7, 11) is 0. The van der Waals surface area contributed by atoms with Crippen LogP contribution in [0.4, 0.5) is 13.2 Å². The second-order valence-electron chi connectivity index (χ2n) is 6.69. The van der Waals surface area contributed by atoms with Crippen molar-refractivity contribution >= 4 is 16.9 Å². The van der Waals surface area contributed by atoms with Crippen molar-refractivity contribution < 1.29 is 18.0 Å². The molecule has 0 bridgehead atoms. The monoisotopic (exact) mass is 403 g/mol. The zero-order valence-corrected chi connectivity index (χ0v) is 16.0. The van der Waals surface area contributed by atoms with E-state index in [1.54, 1.807) is 6.07 Å². The molecular weight excluding hydrogens is 383 g/mol. The lowest BCUT2D eigenvalue weighted by Crippen LogP contribution is -2.38. The number of aryl methyl sites for hydroxylation is 1. The number of halogens is 3. The van der Waals surface area contributed by atoms with E-state index in [1.165, 1.54) is 25.1 Å². The van der Waals surface area contributed by atoms with Crippen molar-refractivity contribution in [2.45, 2.75) is 39.0 Å². The fourth-order valence-electron chi connectivity index (χ4n) is 3.07. The highest BCUT2D eigenvalue weighted by molar-refractivity contribution is 5.83. The Morgan fingerprint density at radius 2 is 1.72 bits per heavy atom. The number of aromatic nitrogens is 2. The standard InChI is InChI=1S/C21H20F3N3O2/c1-3-14-8-10-15(11-9-14)12-25-19(28)13(2)27-17-7-5-4-6-16(17)26-18(20(27)29)21(22,23)24/h4-11,13H,3,12H2,1-2H3,(H,25,28)/t13-/m0/s1. The van der Waals surface area contributed by atoms with Crippen molar-refractivity contribution in [2.75, 3.05) is 0 Å². The van der Waals surface area contributed by atoms with Gasteiger partial charge in [-0.05, 0) is 36.6 Å². The van der Waals surface area contributed by atoms with Gasteiger partial charge in [0.05, 0.1) is 11.0 Å². The van der Waals surface area contributed by atoms with Gasteiger partial charge in [-0.25, -0.2) is 4.98 Å². The summed E-state index contributed by atoms with van der Waals surface area (Å²) >= 11 is 0. The number of para-hydroxylation sites is 2. The Balaban J connectivity index is 1.92. The van der Waals surface area contributed by atoms with E-state index in [9.17, 15) is 22.8 Å². The molecule has 0 aliphatic carbocycles. The quantitative estimate of drug-likeness (QED) is 0.704. The van der Waals surface area contributed by atoms with Crippen LogP contribution in [-0.4, -0.2) is 15.5 Å². The van der Waals surface area contributed by atoms with Gasteiger partial charge in [-0.2, -0.15) is 13.2 Å². The van der Waals surface area contributed by atoms with Crippen LogP contribution in [0.3, 0.4) is 0 Å². The Morgan fingerprint density at radius 1 is 1.10 bits per heavy atom. The minimum atomic E-state index is -4.92. The molecule has 1 amide bonds. The lowest BCUT2D eigenvalue weighted by atomic mass is 10.1. The summed E-state index contributed by atoms with van der Waals surface area (Å²) in [6, 6.07) is 12.4. The van der Waals surface area contributed by atoms with Gasteiger partial charge in [-0.1, -0.05) is 43.3 Å². The average Bonchev–Trinajstić information content (AvgIpc) is 2.70. The van der Waals surface area contributed by atoms with Crippen LogP contribution in [0.2, 0.25) is 0 Å².